The highest BCUT2D eigenvalue weighted by atomic mass is 35.5. The molecule has 0 aliphatic carbocycles. The Kier molecular flexibility index (Phi) is 7.52. The van der Waals surface area contributed by atoms with E-state index in [4.69, 9.17) is 17.3 Å². The van der Waals surface area contributed by atoms with Crippen molar-refractivity contribution in [3.8, 4) is 0 Å². The first-order valence-corrected chi connectivity index (χ1v) is 7.73. The molecule has 0 heterocycles. The lowest BCUT2D eigenvalue weighted by Gasteiger charge is -2.35. The standard InChI is InChI=1S/C16H28ClN3/c1-5-9-20(11-10-19(3)4)16(13(2)18)14-7-6-8-15(17)12-14/h6-8,12-13,16H,5,9-11,18H2,1-4H3. The van der Waals surface area contributed by atoms with Gasteiger partial charge in [-0.3, -0.25) is 4.90 Å². The van der Waals surface area contributed by atoms with Crippen molar-refractivity contribution in [1.82, 2.24) is 9.80 Å². The average molecular weight is 298 g/mol. The van der Waals surface area contributed by atoms with Crippen molar-refractivity contribution >= 4 is 11.6 Å². The molecule has 2 atom stereocenters. The third-order valence-corrected chi connectivity index (χ3v) is 3.66. The SMILES string of the molecule is CCCN(CCN(C)C)C(c1cccc(Cl)c1)C(C)N. The van der Waals surface area contributed by atoms with Gasteiger partial charge in [0.05, 0.1) is 0 Å². The van der Waals surface area contributed by atoms with Crippen LogP contribution in [0.25, 0.3) is 0 Å². The van der Waals surface area contributed by atoms with Crippen molar-refractivity contribution in [3.63, 3.8) is 0 Å². The lowest BCUT2D eigenvalue weighted by atomic mass is 9.99. The van der Waals surface area contributed by atoms with E-state index in [2.05, 4.69) is 43.8 Å². The van der Waals surface area contributed by atoms with Crippen molar-refractivity contribution in [1.29, 1.82) is 0 Å². The van der Waals surface area contributed by atoms with Crippen LogP contribution >= 0.6 is 11.6 Å². The first-order valence-electron chi connectivity index (χ1n) is 7.35. The fourth-order valence-corrected chi connectivity index (χ4v) is 2.74. The third-order valence-electron chi connectivity index (χ3n) is 3.43. The van der Waals surface area contributed by atoms with E-state index >= 15 is 0 Å². The molecule has 1 aromatic rings. The van der Waals surface area contributed by atoms with Gasteiger partial charge in [0, 0.05) is 30.2 Å². The maximum Gasteiger partial charge on any atom is 0.0497 e. The van der Waals surface area contributed by atoms with Crippen LogP contribution in [0.15, 0.2) is 24.3 Å². The van der Waals surface area contributed by atoms with E-state index in [1.165, 1.54) is 5.56 Å². The maximum absolute atomic E-state index is 6.26. The fraction of sp³-hybridized carbons (Fsp3) is 0.625. The van der Waals surface area contributed by atoms with E-state index in [1.54, 1.807) is 0 Å². The van der Waals surface area contributed by atoms with Gasteiger partial charge in [0.1, 0.15) is 0 Å². The molecule has 0 aliphatic heterocycles. The number of nitrogens with zero attached hydrogens (tertiary/aromatic N) is 2. The topological polar surface area (TPSA) is 32.5 Å². The third kappa shape index (κ3) is 5.41. The zero-order valence-corrected chi connectivity index (χ0v) is 13.9. The molecule has 1 aromatic carbocycles. The monoisotopic (exact) mass is 297 g/mol. The van der Waals surface area contributed by atoms with Gasteiger partial charge in [0.25, 0.3) is 0 Å². The number of rotatable bonds is 8. The molecule has 0 fully saturated rings. The highest BCUT2D eigenvalue weighted by Crippen LogP contribution is 2.26. The summed E-state index contributed by atoms with van der Waals surface area (Å²) in [5.74, 6) is 0. The molecule has 0 spiro atoms. The molecular formula is C16H28ClN3. The summed E-state index contributed by atoms with van der Waals surface area (Å²) in [6.07, 6.45) is 1.12. The van der Waals surface area contributed by atoms with Crippen molar-refractivity contribution in [3.05, 3.63) is 34.9 Å². The van der Waals surface area contributed by atoms with Gasteiger partial charge in [0.15, 0.2) is 0 Å². The molecule has 0 saturated heterocycles. The second-order valence-corrected chi connectivity index (χ2v) is 6.13. The Morgan fingerprint density at radius 3 is 2.40 bits per heavy atom. The molecule has 1 rings (SSSR count). The highest BCUT2D eigenvalue weighted by molar-refractivity contribution is 6.30. The molecule has 0 radical (unpaired) electrons. The van der Waals surface area contributed by atoms with Crippen molar-refractivity contribution in [2.75, 3.05) is 33.7 Å². The second-order valence-electron chi connectivity index (χ2n) is 5.70. The van der Waals surface area contributed by atoms with Crippen LogP contribution in [0.3, 0.4) is 0 Å². The van der Waals surface area contributed by atoms with Crippen LogP contribution in [-0.4, -0.2) is 49.6 Å². The molecular weight excluding hydrogens is 270 g/mol. The highest BCUT2D eigenvalue weighted by Gasteiger charge is 2.23. The molecule has 0 aliphatic rings. The van der Waals surface area contributed by atoms with Crippen LogP contribution in [0.1, 0.15) is 31.9 Å². The van der Waals surface area contributed by atoms with Crippen molar-refractivity contribution < 1.29 is 0 Å². The molecule has 0 saturated carbocycles. The predicted octanol–water partition coefficient (Wildman–Crippen LogP) is 3.00. The van der Waals surface area contributed by atoms with Gasteiger partial charge in [-0.25, -0.2) is 0 Å². The number of nitrogens with two attached hydrogens (primary N) is 1. The Bertz CT molecular complexity index is 393. The smallest absolute Gasteiger partial charge is 0.0497 e. The van der Waals surface area contributed by atoms with Gasteiger partial charge in [-0.05, 0) is 51.7 Å². The fourth-order valence-electron chi connectivity index (χ4n) is 2.54. The Hall–Kier alpha value is -0.610. The van der Waals surface area contributed by atoms with Gasteiger partial charge in [-0.15, -0.1) is 0 Å². The minimum Gasteiger partial charge on any atom is -0.326 e. The molecule has 2 unspecified atom stereocenters. The van der Waals surface area contributed by atoms with E-state index in [1.807, 2.05) is 18.2 Å². The summed E-state index contributed by atoms with van der Waals surface area (Å²) in [7, 11) is 4.20. The van der Waals surface area contributed by atoms with E-state index in [0.29, 0.717) is 0 Å². The largest absolute Gasteiger partial charge is 0.326 e. The zero-order valence-electron chi connectivity index (χ0n) is 13.1. The Morgan fingerprint density at radius 2 is 1.90 bits per heavy atom. The molecule has 0 amide bonds. The van der Waals surface area contributed by atoms with E-state index in [9.17, 15) is 0 Å². The van der Waals surface area contributed by atoms with Crippen molar-refractivity contribution in [2.24, 2.45) is 5.73 Å². The van der Waals surface area contributed by atoms with Gasteiger partial charge in [-0.1, -0.05) is 30.7 Å². The summed E-state index contributed by atoms with van der Waals surface area (Å²) >= 11 is 6.14. The molecule has 3 nitrogen and oxygen atoms in total. The lowest BCUT2D eigenvalue weighted by molar-refractivity contribution is 0.161. The Labute approximate surface area is 128 Å². The molecule has 2 N–H and O–H groups in total. The van der Waals surface area contributed by atoms with Gasteiger partial charge >= 0.3 is 0 Å². The Morgan fingerprint density at radius 1 is 1.20 bits per heavy atom. The quantitative estimate of drug-likeness (QED) is 0.800. The average Bonchev–Trinajstić information content (AvgIpc) is 2.35. The maximum atomic E-state index is 6.26. The summed E-state index contributed by atoms with van der Waals surface area (Å²) in [6, 6.07) is 8.36. The minimum absolute atomic E-state index is 0.0715. The number of hydrogen-bond acceptors (Lipinski definition) is 3. The van der Waals surface area contributed by atoms with Crippen LogP contribution in [0, 0.1) is 0 Å². The van der Waals surface area contributed by atoms with Crippen LogP contribution < -0.4 is 5.73 Å². The number of benzene rings is 1. The van der Waals surface area contributed by atoms with Crippen LogP contribution in [0.4, 0.5) is 0 Å². The van der Waals surface area contributed by atoms with E-state index in [-0.39, 0.29) is 12.1 Å². The predicted molar refractivity (Wildman–Crippen MR) is 88.3 cm³/mol. The summed E-state index contributed by atoms with van der Waals surface area (Å²) in [6.45, 7) is 7.37. The molecule has 0 aromatic heterocycles. The summed E-state index contributed by atoms with van der Waals surface area (Å²) in [5, 5.41) is 0.775. The molecule has 20 heavy (non-hydrogen) atoms. The second kappa shape index (κ2) is 8.63. The lowest BCUT2D eigenvalue weighted by Crippen LogP contribution is -2.42. The number of hydrogen-bond donors (Lipinski definition) is 1. The first kappa shape index (κ1) is 17.4. The van der Waals surface area contributed by atoms with Crippen LogP contribution in [0.2, 0.25) is 5.02 Å². The Balaban J connectivity index is 2.95. The summed E-state index contributed by atoms with van der Waals surface area (Å²) in [5.41, 5.74) is 7.47. The minimum atomic E-state index is 0.0715. The van der Waals surface area contributed by atoms with Crippen LogP contribution in [0.5, 0.6) is 0 Å². The van der Waals surface area contributed by atoms with Gasteiger partial charge < -0.3 is 10.6 Å². The first-order chi connectivity index (χ1) is 9.45. The van der Waals surface area contributed by atoms with Crippen LogP contribution in [-0.2, 0) is 0 Å². The number of halogens is 1. The van der Waals surface area contributed by atoms with E-state index in [0.717, 1.165) is 31.1 Å². The van der Waals surface area contributed by atoms with Crippen molar-refractivity contribution in [2.45, 2.75) is 32.4 Å². The van der Waals surface area contributed by atoms with E-state index < -0.39 is 0 Å². The molecule has 4 heteroatoms. The van der Waals surface area contributed by atoms with Gasteiger partial charge in [-0.2, -0.15) is 0 Å². The summed E-state index contributed by atoms with van der Waals surface area (Å²) < 4.78 is 0. The summed E-state index contributed by atoms with van der Waals surface area (Å²) in [4.78, 5) is 4.68. The molecule has 0 bridgehead atoms. The molecule has 114 valence electrons. The number of likely N-dealkylation sites (N-methyl/N-ethyl adjacent to an activating group) is 1. The van der Waals surface area contributed by atoms with Gasteiger partial charge in [0.2, 0.25) is 0 Å². The zero-order chi connectivity index (χ0) is 15.1. The normalized spacial score (nSPS) is 14.8.